The Balaban J connectivity index is 0.00000225. The largest absolute Gasteiger partial charge is 0.337 e. The Hall–Kier alpha value is -1.07. The molecular weight excluding hydrogens is 336 g/mol. The predicted molar refractivity (Wildman–Crippen MR) is 103 cm³/mol. The topological polar surface area (TPSA) is 50.2 Å². The van der Waals surface area contributed by atoms with Gasteiger partial charge in [0.25, 0.3) is 5.91 Å². The van der Waals surface area contributed by atoms with E-state index in [1.165, 1.54) is 19.3 Å². The molecule has 0 saturated carbocycles. The van der Waals surface area contributed by atoms with Gasteiger partial charge < -0.3 is 10.2 Å². The summed E-state index contributed by atoms with van der Waals surface area (Å²) in [5.74, 6) is 1.69. The third-order valence-corrected chi connectivity index (χ3v) is 5.53. The van der Waals surface area contributed by atoms with Crippen LogP contribution in [-0.2, 0) is 0 Å². The van der Waals surface area contributed by atoms with Crippen molar-refractivity contribution >= 4 is 18.3 Å². The molecule has 1 N–H and O–H groups in total. The lowest BCUT2D eigenvalue weighted by atomic mass is 9.89. The number of piperidine rings is 2. The van der Waals surface area contributed by atoms with Crippen molar-refractivity contribution in [3.05, 3.63) is 18.0 Å². The Labute approximate surface area is 157 Å². The molecule has 1 amide bonds. The standard InChI is InChI=1S/C19H32N4O.ClH/c1-15(2)5-6-16-7-11-22(12-8-16)19(24)18-9-13-23(21-18)17-4-3-10-20-14-17;/h9,13,15-17,20H,3-8,10-12,14H2,1-2H3;1H. The van der Waals surface area contributed by atoms with Crippen molar-refractivity contribution in [1.29, 1.82) is 0 Å². The summed E-state index contributed by atoms with van der Waals surface area (Å²) >= 11 is 0. The second-order valence-electron chi connectivity index (χ2n) is 7.89. The van der Waals surface area contributed by atoms with Gasteiger partial charge in [0.2, 0.25) is 0 Å². The van der Waals surface area contributed by atoms with Gasteiger partial charge in [0, 0.05) is 25.8 Å². The second kappa shape index (κ2) is 9.58. The quantitative estimate of drug-likeness (QED) is 0.865. The normalized spacial score (nSPS) is 22.0. The van der Waals surface area contributed by atoms with E-state index in [1.807, 2.05) is 21.8 Å². The van der Waals surface area contributed by atoms with E-state index >= 15 is 0 Å². The van der Waals surface area contributed by atoms with Gasteiger partial charge in [0.15, 0.2) is 0 Å². The molecule has 3 heterocycles. The smallest absolute Gasteiger partial charge is 0.274 e. The first-order valence-corrected chi connectivity index (χ1v) is 9.68. The monoisotopic (exact) mass is 368 g/mol. The highest BCUT2D eigenvalue weighted by molar-refractivity contribution is 5.92. The van der Waals surface area contributed by atoms with Crippen LogP contribution in [0.25, 0.3) is 0 Å². The molecule has 1 aromatic rings. The number of amides is 1. The van der Waals surface area contributed by atoms with Gasteiger partial charge in [0.05, 0.1) is 6.04 Å². The third kappa shape index (κ3) is 5.45. The summed E-state index contributed by atoms with van der Waals surface area (Å²) < 4.78 is 1.98. The predicted octanol–water partition coefficient (Wildman–Crippen LogP) is 3.52. The van der Waals surface area contributed by atoms with Gasteiger partial charge in [-0.25, -0.2) is 0 Å². The number of halogens is 1. The lowest BCUT2D eigenvalue weighted by Gasteiger charge is -2.32. The van der Waals surface area contributed by atoms with E-state index in [0.29, 0.717) is 11.7 Å². The summed E-state index contributed by atoms with van der Waals surface area (Å²) in [7, 11) is 0. The molecular formula is C19H33ClN4O. The molecule has 6 heteroatoms. The van der Waals surface area contributed by atoms with Gasteiger partial charge in [-0.15, -0.1) is 12.4 Å². The number of nitrogens with one attached hydrogen (secondary N) is 1. The van der Waals surface area contributed by atoms with Crippen molar-refractivity contribution in [2.75, 3.05) is 26.2 Å². The van der Waals surface area contributed by atoms with Crippen LogP contribution < -0.4 is 5.32 Å². The summed E-state index contributed by atoms with van der Waals surface area (Å²) in [5, 5.41) is 7.98. The van der Waals surface area contributed by atoms with Crippen LogP contribution in [0.4, 0.5) is 0 Å². The zero-order valence-corrected chi connectivity index (χ0v) is 16.4. The Kier molecular flexibility index (Phi) is 7.76. The highest BCUT2D eigenvalue weighted by Crippen LogP contribution is 2.25. The fourth-order valence-corrected chi connectivity index (χ4v) is 3.87. The Morgan fingerprint density at radius 1 is 1.32 bits per heavy atom. The highest BCUT2D eigenvalue weighted by Gasteiger charge is 2.25. The van der Waals surface area contributed by atoms with Gasteiger partial charge in [0.1, 0.15) is 5.69 Å². The molecule has 2 fully saturated rings. The van der Waals surface area contributed by atoms with Gasteiger partial charge in [-0.05, 0) is 50.1 Å². The number of carbonyl (C=O) groups excluding carboxylic acids is 1. The van der Waals surface area contributed by atoms with E-state index in [0.717, 1.165) is 57.3 Å². The van der Waals surface area contributed by atoms with Crippen LogP contribution in [0.15, 0.2) is 12.3 Å². The summed E-state index contributed by atoms with van der Waals surface area (Å²) in [6, 6.07) is 2.28. The van der Waals surface area contributed by atoms with Crippen molar-refractivity contribution in [2.24, 2.45) is 11.8 Å². The van der Waals surface area contributed by atoms with Crippen molar-refractivity contribution in [3.8, 4) is 0 Å². The highest BCUT2D eigenvalue weighted by atomic mass is 35.5. The first kappa shape index (κ1) is 20.2. The van der Waals surface area contributed by atoms with Gasteiger partial charge in [-0.3, -0.25) is 9.48 Å². The minimum atomic E-state index is 0. The maximum Gasteiger partial charge on any atom is 0.274 e. The zero-order valence-electron chi connectivity index (χ0n) is 15.6. The molecule has 0 radical (unpaired) electrons. The molecule has 25 heavy (non-hydrogen) atoms. The fraction of sp³-hybridized carbons (Fsp3) is 0.789. The van der Waals surface area contributed by atoms with Crippen LogP contribution >= 0.6 is 12.4 Å². The number of rotatable bonds is 5. The number of nitrogens with zero attached hydrogens (tertiary/aromatic N) is 3. The fourth-order valence-electron chi connectivity index (χ4n) is 3.87. The van der Waals surface area contributed by atoms with Gasteiger partial charge >= 0.3 is 0 Å². The first-order chi connectivity index (χ1) is 11.6. The molecule has 5 nitrogen and oxygen atoms in total. The maximum atomic E-state index is 12.7. The molecule has 2 aliphatic heterocycles. The minimum absolute atomic E-state index is 0. The molecule has 3 rings (SSSR count). The lowest BCUT2D eigenvalue weighted by molar-refractivity contribution is 0.0677. The zero-order chi connectivity index (χ0) is 16.9. The summed E-state index contributed by atoms with van der Waals surface area (Å²) in [4.78, 5) is 14.7. The number of likely N-dealkylation sites (tertiary alicyclic amines) is 1. The minimum Gasteiger partial charge on any atom is -0.337 e. The lowest BCUT2D eigenvalue weighted by Crippen LogP contribution is -2.39. The summed E-state index contributed by atoms with van der Waals surface area (Å²) in [6.07, 6.45) is 9.19. The van der Waals surface area contributed by atoms with Gasteiger partial charge in [-0.2, -0.15) is 5.10 Å². The molecule has 0 spiro atoms. The Bertz CT molecular complexity index is 531. The molecule has 1 aromatic heterocycles. The average molecular weight is 369 g/mol. The first-order valence-electron chi connectivity index (χ1n) is 9.68. The van der Waals surface area contributed by atoms with Crippen molar-refractivity contribution < 1.29 is 4.79 Å². The van der Waals surface area contributed by atoms with E-state index < -0.39 is 0 Å². The van der Waals surface area contributed by atoms with Gasteiger partial charge in [-0.1, -0.05) is 26.7 Å². The number of hydrogen-bond donors (Lipinski definition) is 1. The molecule has 0 aliphatic carbocycles. The SMILES string of the molecule is CC(C)CCC1CCN(C(=O)c2ccn(C3CCCNC3)n2)CC1.Cl. The molecule has 2 saturated heterocycles. The van der Waals surface area contributed by atoms with Crippen molar-refractivity contribution in [3.63, 3.8) is 0 Å². The molecule has 1 unspecified atom stereocenters. The average Bonchev–Trinajstić information content (AvgIpc) is 3.10. The summed E-state index contributed by atoms with van der Waals surface area (Å²) in [6.45, 7) is 8.40. The number of hydrogen-bond acceptors (Lipinski definition) is 3. The van der Waals surface area contributed by atoms with E-state index in [2.05, 4.69) is 24.3 Å². The van der Waals surface area contributed by atoms with Crippen LogP contribution in [0.2, 0.25) is 0 Å². The Morgan fingerprint density at radius 3 is 2.72 bits per heavy atom. The van der Waals surface area contributed by atoms with Crippen LogP contribution in [0.5, 0.6) is 0 Å². The summed E-state index contributed by atoms with van der Waals surface area (Å²) in [5.41, 5.74) is 0.612. The molecule has 0 bridgehead atoms. The molecule has 0 aromatic carbocycles. The van der Waals surface area contributed by atoms with Crippen molar-refractivity contribution in [2.45, 2.75) is 58.4 Å². The van der Waals surface area contributed by atoms with Crippen LogP contribution in [0.1, 0.15) is 68.9 Å². The molecule has 142 valence electrons. The Morgan fingerprint density at radius 2 is 2.08 bits per heavy atom. The number of aromatic nitrogens is 2. The molecule has 2 aliphatic rings. The van der Waals surface area contributed by atoms with E-state index in [1.54, 1.807) is 0 Å². The van der Waals surface area contributed by atoms with E-state index in [-0.39, 0.29) is 18.3 Å². The van der Waals surface area contributed by atoms with Crippen LogP contribution in [-0.4, -0.2) is 46.8 Å². The maximum absolute atomic E-state index is 12.7. The second-order valence-corrected chi connectivity index (χ2v) is 7.89. The van der Waals surface area contributed by atoms with E-state index in [4.69, 9.17) is 0 Å². The molecule has 1 atom stereocenters. The van der Waals surface area contributed by atoms with Crippen LogP contribution in [0.3, 0.4) is 0 Å². The third-order valence-electron chi connectivity index (χ3n) is 5.53. The number of carbonyl (C=O) groups is 1. The van der Waals surface area contributed by atoms with Crippen molar-refractivity contribution in [1.82, 2.24) is 20.0 Å². The van der Waals surface area contributed by atoms with Crippen LogP contribution in [0, 0.1) is 11.8 Å². The van der Waals surface area contributed by atoms with E-state index in [9.17, 15) is 4.79 Å².